The summed E-state index contributed by atoms with van der Waals surface area (Å²) in [5, 5.41) is 3.48. The van der Waals surface area contributed by atoms with Gasteiger partial charge in [-0.05, 0) is 74.8 Å². The van der Waals surface area contributed by atoms with Gasteiger partial charge in [-0.1, -0.05) is 18.2 Å². The summed E-state index contributed by atoms with van der Waals surface area (Å²) < 4.78 is 0. The topological polar surface area (TPSA) is 38.0 Å². The van der Waals surface area contributed by atoms with Gasteiger partial charge in [-0.3, -0.25) is 0 Å². The van der Waals surface area contributed by atoms with Crippen molar-refractivity contribution in [1.29, 1.82) is 0 Å². The molecule has 0 saturated carbocycles. The van der Waals surface area contributed by atoms with Crippen molar-refractivity contribution in [1.82, 2.24) is 5.32 Å². The maximum absolute atomic E-state index is 5.46. The number of nitrogens with one attached hydrogen (secondary N) is 1. The van der Waals surface area contributed by atoms with E-state index in [1.54, 1.807) is 11.1 Å². The highest BCUT2D eigenvalue weighted by atomic mass is 14.8. The van der Waals surface area contributed by atoms with Crippen molar-refractivity contribution in [3.05, 3.63) is 34.9 Å². The first-order chi connectivity index (χ1) is 8.40. The predicted octanol–water partition coefficient (Wildman–Crippen LogP) is 2.05. The van der Waals surface area contributed by atoms with Crippen LogP contribution in [-0.4, -0.2) is 19.6 Å². The van der Waals surface area contributed by atoms with Gasteiger partial charge in [0, 0.05) is 0 Å². The number of hydrogen-bond acceptors (Lipinski definition) is 2. The summed E-state index contributed by atoms with van der Waals surface area (Å²) >= 11 is 0. The van der Waals surface area contributed by atoms with E-state index in [9.17, 15) is 0 Å². The molecule has 0 amide bonds. The minimum Gasteiger partial charge on any atom is -0.330 e. The fraction of sp³-hybridized carbons (Fsp3) is 0.600. The van der Waals surface area contributed by atoms with Crippen molar-refractivity contribution in [3.8, 4) is 0 Å². The van der Waals surface area contributed by atoms with Gasteiger partial charge in [-0.15, -0.1) is 0 Å². The molecule has 3 N–H and O–H groups in total. The normalized spacial score (nSPS) is 13.9. The molecule has 0 spiro atoms. The van der Waals surface area contributed by atoms with Crippen molar-refractivity contribution in [2.75, 3.05) is 19.6 Å². The summed E-state index contributed by atoms with van der Waals surface area (Å²) in [5.74, 6) is 0. The molecule has 0 bridgehead atoms. The van der Waals surface area contributed by atoms with Crippen LogP contribution in [0.1, 0.15) is 36.0 Å². The third-order valence-electron chi connectivity index (χ3n) is 3.56. The van der Waals surface area contributed by atoms with Crippen molar-refractivity contribution < 1.29 is 0 Å². The number of hydrogen-bond donors (Lipinski definition) is 2. The quantitative estimate of drug-likeness (QED) is 0.706. The lowest BCUT2D eigenvalue weighted by atomic mass is 10.0. The van der Waals surface area contributed by atoms with Crippen LogP contribution in [0.25, 0.3) is 0 Å². The Balaban J connectivity index is 1.69. The van der Waals surface area contributed by atoms with E-state index in [0.717, 1.165) is 32.5 Å². The third kappa shape index (κ3) is 3.83. The number of benzene rings is 1. The average Bonchev–Trinajstić information content (AvgIpc) is 2.81. The third-order valence-corrected chi connectivity index (χ3v) is 3.56. The minimum absolute atomic E-state index is 0.812. The molecule has 17 heavy (non-hydrogen) atoms. The fourth-order valence-electron chi connectivity index (χ4n) is 2.53. The van der Waals surface area contributed by atoms with Crippen LogP contribution in [0.4, 0.5) is 0 Å². The van der Waals surface area contributed by atoms with Gasteiger partial charge in [0.05, 0.1) is 0 Å². The Kier molecular flexibility index (Phi) is 5.02. The number of nitrogens with two attached hydrogens (primary N) is 1. The molecule has 0 unspecified atom stereocenters. The Bertz CT molecular complexity index is 347. The predicted molar refractivity (Wildman–Crippen MR) is 73.3 cm³/mol. The molecule has 1 aromatic carbocycles. The molecule has 94 valence electrons. The second-order valence-corrected chi connectivity index (χ2v) is 4.95. The van der Waals surface area contributed by atoms with E-state index >= 15 is 0 Å². The SMILES string of the molecule is NCCCCNCCc1ccc2c(c1)CCC2. The zero-order valence-electron chi connectivity index (χ0n) is 10.7. The lowest BCUT2D eigenvalue weighted by Crippen LogP contribution is -2.19. The second-order valence-electron chi connectivity index (χ2n) is 4.95. The number of unbranched alkanes of at least 4 members (excludes halogenated alkanes) is 1. The monoisotopic (exact) mass is 232 g/mol. The lowest BCUT2D eigenvalue weighted by molar-refractivity contribution is 0.627. The molecule has 0 aliphatic heterocycles. The van der Waals surface area contributed by atoms with Crippen molar-refractivity contribution >= 4 is 0 Å². The summed E-state index contributed by atoms with van der Waals surface area (Å²) in [4.78, 5) is 0. The number of rotatable bonds is 7. The van der Waals surface area contributed by atoms with Crippen LogP contribution >= 0.6 is 0 Å². The summed E-state index contributed by atoms with van der Waals surface area (Å²) in [7, 11) is 0. The summed E-state index contributed by atoms with van der Waals surface area (Å²) in [6, 6.07) is 7.03. The first-order valence-corrected chi connectivity index (χ1v) is 6.91. The minimum atomic E-state index is 0.812. The maximum atomic E-state index is 5.46. The molecule has 1 aliphatic carbocycles. The van der Waals surface area contributed by atoms with E-state index in [4.69, 9.17) is 5.73 Å². The first-order valence-electron chi connectivity index (χ1n) is 6.91. The Morgan fingerprint density at radius 2 is 1.94 bits per heavy atom. The highest BCUT2D eigenvalue weighted by Gasteiger charge is 2.10. The first kappa shape index (κ1) is 12.6. The largest absolute Gasteiger partial charge is 0.330 e. The van der Waals surface area contributed by atoms with Crippen LogP contribution in [0.3, 0.4) is 0 Å². The standard InChI is InChI=1S/C15H24N2/c16-9-1-2-10-17-11-8-13-6-7-14-4-3-5-15(14)12-13/h6-7,12,17H,1-5,8-11,16H2. The molecular weight excluding hydrogens is 208 g/mol. The molecule has 0 aromatic heterocycles. The Labute approximate surface area is 105 Å². The highest BCUT2D eigenvalue weighted by molar-refractivity contribution is 5.35. The molecule has 0 radical (unpaired) electrons. The Morgan fingerprint density at radius 1 is 1.06 bits per heavy atom. The van der Waals surface area contributed by atoms with Crippen molar-refractivity contribution in [2.24, 2.45) is 5.73 Å². The van der Waals surface area contributed by atoms with E-state index in [2.05, 4.69) is 23.5 Å². The van der Waals surface area contributed by atoms with Gasteiger partial charge in [-0.2, -0.15) is 0 Å². The summed E-state index contributed by atoms with van der Waals surface area (Å²) in [5.41, 5.74) is 10.1. The number of aryl methyl sites for hydroxylation is 2. The number of fused-ring (bicyclic) bond motifs is 1. The van der Waals surface area contributed by atoms with Gasteiger partial charge in [0.15, 0.2) is 0 Å². The highest BCUT2D eigenvalue weighted by Crippen LogP contribution is 2.22. The van der Waals surface area contributed by atoms with Crippen LogP contribution in [0.5, 0.6) is 0 Å². The van der Waals surface area contributed by atoms with Crippen LogP contribution in [0.15, 0.2) is 18.2 Å². The van der Waals surface area contributed by atoms with Crippen molar-refractivity contribution in [3.63, 3.8) is 0 Å². The average molecular weight is 232 g/mol. The van der Waals surface area contributed by atoms with Gasteiger partial charge < -0.3 is 11.1 Å². The van der Waals surface area contributed by atoms with Crippen LogP contribution < -0.4 is 11.1 Å². The molecule has 2 nitrogen and oxygen atoms in total. The van der Waals surface area contributed by atoms with Crippen LogP contribution in [-0.2, 0) is 19.3 Å². The van der Waals surface area contributed by atoms with E-state index < -0.39 is 0 Å². The van der Waals surface area contributed by atoms with E-state index in [0.29, 0.717) is 0 Å². The molecule has 1 aromatic rings. The molecule has 0 saturated heterocycles. The van der Waals surface area contributed by atoms with Gasteiger partial charge in [-0.25, -0.2) is 0 Å². The van der Waals surface area contributed by atoms with Gasteiger partial charge in [0.25, 0.3) is 0 Å². The van der Waals surface area contributed by atoms with E-state index in [-0.39, 0.29) is 0 Å². The fourth-order valence-corrected chi connectivity index (χ4v) is 2.53. The molecule has 2 rings (SSSR count). The van der Waals surface area contributed by atoms with Gasteiger partial charge in [0.2, 0.25) is 0 Å². The molecule has 2 heteroatoms. The lowest BCUT2D eigenvalue weighted by Gasteiger charge is -2.06. The van der Waals surface area contributed by atoms with Gasteiger partial charge in [0.1, 0.15) is 0 Å². The summed E-state index contributed by atoms with van der Waals surface area (Å²) in [6.07, 6.45) is 7.39. The molecule has 1 aliphatic rings. The summed E-state index contributed by atoms with van der Waals surface area (Å²) in [6.45, 7) is 3.00. The van der Waals surface area contributed by atoms with Gasteiger partial charge >= 0.3 is 0 Å². The Hall–Kier alpha value is -0.860. The molecule has 0 atom stereocenters. The van der Waals surface area contributed by atoms with Crippen LogP contribution in [0, 0.1) is 0 Å². The Morgan fingerprint density at radius 3 is 2.82 bits per heavy atom. The van der Waals surface area contributed by atoms with Crippen LogP contribution in [0.2, 0.25) is 0 Å². The maximum Gasteiger partial charge on any atom is -0.000835 e. The second kappa shape index (κ2) is 6.77. The molecule has 0 fully saturated rings. The van der Waals surface area contributed by atoms with E-state index in [1.807, 2.05) is 0 Å². The van der Waals surface area contributed by atoms with Crippen molar-refractivity contribution in [2.45, 2.75) is 38.5 Å². The smallest absolute Gasteiger partial charge is 0.000835 e. The zero-order chi connectivity index (χ0) is 11.9. The molecule has 0 heterocycles. The van der Waals surface area contributed by atoms with E-state index in [1.165, 1.54) is 31.2 Å². The zero-order valence-corrected chi connectivity index (χ0v) is 10.7. The molecular formula is C15H24N2.